The summed E-state index contributed by atoms with van der Waals surface area (Å²) in [5.41, 5.74) is 6.25. The highest BCUT2D eigenvalue weighted by atomic mass is 35.5. The quantitative estimate of drug-likeness (QED) is 0.0216. The molecule has 4 rings (SSSR count). The lowest BCUT2D eigenvalue weighted by molar-refractivity contribution is -0.139. The molecule has 25 nitrogen and oxygen atoms in total. The average molecular weight is 1030 g/mol. The highest BCUT2D eigenvalue weighted by Crippen LogP contribution is 2.38. The van der Waals surface area contributed by atoms with Crippen LogP contribution in [0.5, 0.6) is 0 Å². The number of anilines is 2. The number of phosphoric acid groups is 1. The minimum Gasteiger partial charge on any atom is -0.396 e. The Morgan fingerprint density at radius 3 is 2.34 bits per heavy atom. The number of nitriles is 1. The summed E-state index contributed by atoms with van der Waals surface area (Å²) in [7, 11) is -5.15. The topological polar surface area (TPSA) is 375 Å². The van der Waals surface area contributed by atoms with Gasteiger partial charge in [-0.3, -0.25) is 38.1 Å². The Balaban J connectivity index is 1.46. The van der Waals surface area contributed by atoms with Crippen molar-refractivity contribution in [3.05, 3.63) is 75.2 Å². The number of aromatic nitrogens is 3. The van der Waals surface area contributed by atoms with Crippen molar-refractivity contribution < 1.29 is 57.6 Å². The van der Waals surface area contributed by atoms with Gasteiger partial charge in [-0.2, -0.15) is 5.26 Å². The van der Waals surface area contributed by atoms with E-state index in [1.165, 1.54) is 36.8 Å². The second-order valence-corrected chi connectivity index (χ2v) is 18.7. The van der Waals surface area contributed by atoms with E-state index in [4.69, 9.17) is 22.2 Å². The fourth-order valence-corrected chi connectivity index (χ4v) is 8.23. The zero-order chi connectivity index (χ0) is 52.4. The third kappa shape index (κ3) is 17.6. The number of amides is 6. The van der Waals surface area contributed by atoms with Gasteiger partial charge in [0.25, 0.3) is 5.56 Å². The first-order chi connectivity index (χ1) is 33.6. The molecule has 0 unspecified atom stereocenters. The Morgan fingerprint density at radius 2 is 1.70 bits per heavy atom. The molecule has 6 amide bonds. The number of phosphoric ester groups is 1. The molecule has 6 atom stereocenters. The number of rotatable bonds is 27. The SMILES string of the molecule is CC(=O)N1CCC[C@H]1C(=O)N[C@@H](CC(C)C)C(=O)N[C@@H](Cc1cncn1CCCCCO/N=C/c1c[nH]c(=O)c(C#N)c1Nc1ccc(Cl)cc1)C(=O)N[C@@H](CO)C(=O)N[C@H](C(N)=O)[C@@H](C)OP(=O)(O)O. The molecule has 71 heavy (non-hydrogen) atoms. The number of benzene rings is 1. The molecule has 0 bridgehead atoms. The van der Waals surface area contributed by atoms with E-state index >= 15 is 0 Å². The Labute approximate surface area is 413 Å². The lowest BCUT2D eigenvalue weighted by Gasteiger charge is -2.28. The molecule has 1 aliphatic rings. The number of nitrogens with two attached hydrogens (primary N) is 1. The van der Waals surface area contributed by atoms with Gasteiger partial charge in [0.2, 0.25) is 35.4 Å². The van der Waals surface area contributed by atoms with Crippen LogP contribution in [0.15, 0.2) is 52.9 Å². The number of nitrogens with one attached hydrogen (secondary N) is 6. The highest BCUT2D eigenvalue weighted by Gasteiger charge is 2.37. The van der Waals surface area contributed by atoms with Crippen LogP contribution in [0.2, 0.25) is 5.02 Å². The van der Waals surface area contributed by atoms with E-state index in [0.717, 1.165) is 6.92 Å². The fourth-order valence-electron chi connectivity index (χ4n) is 7.55. The van der Waals surface area contributed by atoms with Crippen molar-refractivity contribution in [2.75, 3.05) is 25.1 Å². The number of aliphatic hydroxyl groups is 1. The molecule has 3 heterocycles. The number of aryl methyl sites for hydroxylation is 1. The minimum absolute atomic E-state index is 0.133. The fraction of sp³-hybridized carbons (Fsp3) is 0.500. The summed E-state index contributed by atoms with van der Waals surface area (Å²) in [5, 5.41) is 37.3. The van der Waals surface area contributed by atoms with Gasteiger partial charge in [0.15, 0.2) is 0 Å². The van der Waals surface area contributed by atoms with Crippen LogP contribution in [0.3, 0.4) is 0 Å². The van der Waals surface area contributed by atoms with Crippen molar-refractivity contribution in [3.63, 3.8) is 0 Å². The Kier molecular flexibility index (Phi) is 21.7. The highest BCUT2D eigenvalue weighted by molar-refractivity contribution is 7.46. The van der Waals surface area contributed by atoms with Crippen molar-refractivity contribution in [2.24, 2.45) is 16.8 Å². The smallest absolute Gasteiger partial charge is 0.396 e. The second-order valence-electron chi connectivity index (χ2n) is 17.0. The van der Waals surface area contributed by atoms with Gasteiger partial charge in [-0.1, -0.05) is 30.6 Å². The van der Waals surface area contributed by atoms with E-state index in [1.54, 1.807) is 28.8 Å². The number of nitrogens with zero attached hydrogens (tertiary/aromatic N) is 5. The Bertz CT molecular complexity index is 2530. The third-order valence-corrected chi connectivity index (χ3v) is 11.9. The van der Waals surface area contributed by atoms with Gasteiger partial charge in [-0.15, -0.1) is 0 Å². The first-order valence-corrected chi connectivity index (χ1v) is 24.5. The van der Waals surface area contributed by atoms with Crippen molar-refractivity contribution in [1.82, 2.24) is 40.7 Å². The summed E-state index contributed by atoms with van der Waals surface area (Å²) in [4.78, 5) is 124. The summed E-state index contributed by atoms with van der Waals surface area (Å²) in [5.74, 6) is -5.17. The molecule has 3 aromatic rings. The van der Waals surface area contributed by atoms with E-state index in [9.17, 15) is 58.3 Å². The van der Waals surface area contributed by atoms with E-state index in [-0.39, 0.29) is 42.5 Å². The van der Waals surface area contributed by atoms with Crippen molar-refractivity contribution in [1.29, 1.82) is 5.26 Å². The number of aromatic amines is 1. The van der Waals surface area contributed by atoms with Crippen LogP contribution in [0.25, 0.3) is 0 Å². The largest absolute Gasteiger partial charge is 0.469 e. The molecule has 0 radical (unpaired) electrons. The standard InChI is InChI=1S/C44H60ClN12O13P/c1-25(2)17-33(53-44(65)36-9-8-15-57(36)27(4)59)41(62)52-34(42(63)54-35(23-58)43(64)55-37(39(47)60)26(3)70-71(66,67)68)18-31-22-48-24-56(31)14-6-5-7-16-69-50-21-28-20-49-40(61)32(19-46)38(28)51-30-12-10-29(45)11-13-30/h10-13,20-22,24-26,33-37,58H,5-9,14-18,23H2,1-4H3,(H2,47,60)(H,52,62)(H,53,65)(H,54,63)(H,55,64)(H2,49,51,61)(H2,66,67,68)/b50-21+/t26-,33+,34+,35+,36+,37+/m1/s1. The number of pyridine rings is 1. The van der Waals surface area contributed by atoms with Gasteiger partial charge >= 0.3 is 7.82 Å². The van der Waals surface area contributed by atoms with Crippen molar-refractivity contribution >= 4 is 72.5 Å². The lowest BCUT2D eigenvalue weighted by Crippen LogP contribution is -2.61. The molecule has 0 spiro atoms. The normalized spacial score (nSPS) is 15.8. The van der Waals surface area contributed by atoms with Gasteiger partial charge in [-0.05, 0) is 75.6 Å². The molecule has 1 saturated heterocycles. The maximum absolute atomic E-state index is 14.1. The van der Waals surface area contributed by atoms with E-state index in [0.29, 0.717) is 67.2 Å². The number of likely N-dealkylation sites (tertiary alicyclic amines) is 1. The number of hydrogen-bond donors (Lipinski definition) is 10. The van der Waals surface area contributed by atoms with E-state index in [2.05, 4.69) is 46.2 Å². The Hall–Kier alpha value is -6.68. The molecule has 1 aliphatic heterocycles. The zero-order valence-corrected chi connectivity index (χ0v) is 41.2. The number of imidazole rings is 1. The van der Waals surface area contributed by atoms with Gasteiger partial charge in [0.1, 0.15) is 48.4 Å². The van der Waals surface area contributed by atoms with Crippen molar-refractivity contribution in [2.45, 2.75) is 115 Å². The molecule has 386 valence electrons. The summed E-state index contributed by atoms with van der Waals surface area (Å²) < 4.78 is 17.7. The number of hydrogen-bond acceptors (Lipinski definition) is 15. The van der Waals surface area contributed by atoms with Crippen LogP contribution in [0.1, 0.15) is 83.0 Å². The number of halogens is 1. The summed E-state index contributed by atoms with van der Waals surface area (Å²) >= 11 is 5.99. The van der Waals surface area contributed by atoms with Crippen LogP contribution in [-0.4, -0.2) is 132 Å². The lowest BCUT2D eigenvalue weighted by atomic mass is 10.0. The second kappa shape index (κ2) is 27.1. The first-order valence-electron chi connectivity index (χ1n) is 22.6. The average Bonchev–Trinajstić information content (AvgIpc) is 3.98. The van der Waals surface area contributed by atoms with Gasteiger partial charge < -0.3 is 66.5 Å². The van der Waals surface area contributed by atoms with Crippen LogP contribution < -0.4 is 37.9 Å². The van der Waals surface area contributed by atoms with E-state index < -0.39 is 85.8 Å². The Morgan fingerprint density at radius 1 is 1.03 bits per heavy atom. The number of aliphatic hydroxyl groups excluding tert-OH is 1. The van der Waals surface area contributed by atoms with Gasteiger partial charge in [0, 0.05) is 60.8 Å². The van der Waals surface area contributed by atoms with Crippen LogP contribution in [0, 0.1) is 17.2 Å². The third-order valence-electron chi connectivity index (χ3n) is 11.1. The maximum Gasteiger partial charge on any atom is 0.469 e. The molecule has 0 aliphatic carbocycles. The van der Waals surface area contributed by atoms with Crippen LogP contribution >= 0.6 is 19.4 Å². The molecule has 2 aromatic heterocycles. The molecule has 27 heteroatoms. The maximum atomic E-state index is 14.1. The monoisotopic (exact) mass is 1030 g/mol. The number of primary amides is 1. The molecule has 0 saturated carbocycles. The predicted octanol–water partition coefficient (Wildman–Crippen LogP) is 0.575. The van der Waals surface area contributed by atoms with Crippen molar-refractivity contribution in [3.8, 4) is 6.07 Å². The molecule has 11 N–H and O–H groups in total. The number of oxime groups is 1. The molecule has 1 aromatic carbocycles. The molecule has 1 fully saturated rings. The number of H-pyrrole nitrogens is 1. The number of unbranched alkanes of at least 4 members (excludes halogenated alkanes) is 2. The zero-order valence-electron chi connectivity index (χ0n) is 39.5. The first kappa shape index (κ1) is 56.9. The number of carbonyl (C=O) groups excluding carboxylic acids is 6. The summed E-state index contributed by atoms with van der Waals surface area (Å²) in [6.45, 7) is 5.96. The molecular weight excluding hydrogens is 971 g/mol. The van der Waals surface area contributed by atoms with Gasteiger partial charge in [-0.25, -0.2) is 9.55 Å². The van der Waals surface area contributed by atoms with E-state index in [1.807, 2.05) is 19.9 Å². The minimum atomic E-state index is -5.15. The summed E-state index contributed by atoms with van der Waals surface area (Å²) in [6, 6.07) is 1.50. The predicted molar refractivity (Wildman–Crippen MR) is 256 cm³/mol. The summed E-state index contributed by atoms with van der Waals surface area (Å²) in [6.07, 6.45) is 6.73. The van der Waals surface area contributed by atoms with Crippen LogP contribution in [-0.2, 0) is 55.7 Å². The number of carbonyl (C=O) groups is 6. The molecular formula is C44H60ClN12O13P. The van der Waals surface area contributed by atoms with Crippen LogP contribution in [0.4, 0.5) is 11.4 Å². The van der Waals surface area contributed by atoms with Gasteiger partial charge in [0.05, 0.1) is 30.9 Å².